The van der Waals surface area contributed by atoms with Crippen molar-refractivity contribution >= 4 is 17.3 Å². The molecule has 0 unspecified atom stereocenters. The molecule has 17 heavy (non-hydrogen) atoms. The molecular weight excluding hydrogens is 242 g/mol. The fraction of sp³-hybridized carbons (Fsp3) is 0.182. The van der Waals surface area contributed by atoms with Crippen LogP contribution in [-0.2, 0) is 6.54 Å². The van der Waals surface area contributed by atoms with E-state index in [9.17, 15) is 10.1 Å². The van der Waals surface area contributed by atoms with Gasteiger partial charge in [0, 0.05) is 25.0 Å². The lowest BCUT2D eigenvalue weighted by Gasteiger charge is -2.05. The molecule has 0 spiro atoms. The number of aryl methyl sites for hydroxylation is 1. The van der Waals surface area contributed by atoms with E-state index < -0.39 is 4.92 Å². The Hall–Kier alpha value is -1.88. The van der Waals surface area contributed by atoms with Gasteiger partial charge < -0.3 is 4.57 Å². The first-order valence-electron chi connectivity index (χ1n) is 4.98. The molecule has 0 bridgehead atoms. The average molecular weight is 252 g/mol. The van der Waals surface area contributed by atoms with Crippen molar-refractivity contribution in [1.29, 1.82) is 0 Å². The number of rotatable bonds is 3. The molecule has 5 nitrogen and oxygen atoms in total. The average Bonchev–Trinajstić information content (AvgIpc) is 2.67. The molecule has 0 aliphatic rings. The number of hydrogen-bond donors (Lipinski definition) is 0. The van der Waals surface area contributed by atoms with Gasteiger partial charge in [0.15, 0.2) is 0 Å². The van der Waals surface area contributed by atoms with E-state index in [0.29, 0.717) is 6.54 Å². The van der Waals surface area contributed by atoms with Crippen molar-refractivity contribution in [1.82, 2.24) is 9.55 Å². The molecule has 1 aromatic heterocycles. The summed E-state index contributed by atoms with van der Waals surface area (Å²) in [6.45, 7) is 2.42. The maximum absolute atomic E-state index is 10.7. The number of nitrogens with zero attached hydrogens (tertiary/aromatic N) is 3. The van der Waals surface area contributed by atoms with Crippen LogP contribution in [0.5, 0.6) is 0 Å². The fourth-order valence-corrected chi connectivity index (χ4v) is 1.75. The van der Waals surface area contributed by atoms with Crippen molar-refractivity contribution in [2.24, 2.45) is 0 Å². The Balaban J connectivity index is 2.32. The minimum absolute atomic E-state index is 0.0677. The summed E-state index contributed by atoms with van der Waals surface area (Å²) in [5.41, 5.74) is 0.754. The van der Waals surface area contributed by atoms with Crippen LogP contribution >= 0.6 is 11.6 Å². The highest BCUT2D eigenvalue weighted by atomic mass is 35.5. The van der Waals surface area contributed by atoms with Crippen LogP contribution in [0.3, 0.4) is 0 Å². The Morgan fingerprint density at radius 3 is 2.88 bits per heavy atom. The monoisotopic (exact) mass is 251 g/mol. The van der Waals surface area contributed by atoms with Crippen molar-refractivity contribution < 1.29 is 4.92 Å². The van der Waals surface area contributed by atoms with Gasteiger partial charge in [0.1, 0.15) is 10.8 Å². The SMILES string of the molecule is Cc1nccn1Cc1ccc(Cl)c([N+](=O)[O-])c1. The lowest BCUT2D eigenvalue weighted by molar-refractivity contribution is -0.384. The van der Waals surface area contributed by atoms with Gasteiger partial charge in [-0.15, -0.1) is 0 Å². The van der Waals surface area contributed by atoms with Gasteiger partial charge in [-0.3, -0.25) is 10.1 Å². The van der Waals surface area contributed by atoms with Crippen molar-refractivity contribution in [3.63, 3.8) is 0 Å². The number of nitro groups is 1. The van der Waals surface area contributed by atoms with Crippen molar-refractivity contribution in [3.8, 4) is 0 Å². The van der Waals surface area contributed by atoms with Gasteiger partial charge in [-0.1, -0.05) is 17.7 Å². The standard InChI is InChI=1S/C11H10ClN3O2/c1-8-13-4-5-14(8)7-9-2-3-10(12)11(6-9)15(16)17/h2-6H,7H2,1H3. The van der Waals surface area contributed by atoms with E-state index in [1.165, 1.54) is 6.07 Å². The summed E-state index contributed by atoms with van der Waals surface area (Å²) in [5, 5.41) is 10.9. The van der Waals surface area contributed by atoms with Crippen LogP contribution < -0.4 is 0 Å². The van der Waals surface area contributed by atoms with Crippen LogP contribution in [0.4, 0.5) is 5.69 Å². The lowest BCUT2D eigenvalue weighted by Crippen LogP contribution is -2.01. The maximum atomic E-state index is 10.7. The van der Waals surface area contributed by atoms with Gasteiger partial charge in [-0.25, -0.2) is 4.98 Å². The molecule has 0 amide bonds. The summed E-state index contributed by atoms with van der Waals surface area (Å²) < 4.78 is 1.91. The normalized spacial score (nSPS) is 10.5. The number of benzene rings is 1. The molecule has 6 heteroatoms. The molecular formula is C11H10ClN3O2. The Morgan fingerprint density at radius 1 is 1.53 bits per heavy atom. The molecule has 0 N–H and O–H groups in total. The Morgan fingerprint density at radius 2 is 2.29 bits per heavy atom. The first-order chi connectivity index (χ1) is 8.08. The third kappa shape index (κ3) is 2.45. The van der Waals surface area contributed by atoms with E-state index in [-0.39, 0.29) is 10.7 Å². The molecule has 88 valence electrons. The number of hydrogen-bond acceptors (Lipinski definition) is 3. The van der Waals surface area contributed by atoms with Crippen LogP contribution in [0.15, 0.2) is 30.6 Å². The minimum Gasteiger partial charge on any atom is -0.331 e. The summed E-state index contributed by atoms with van der Waals surface area (Å²) in [6.07, 6.45) is 3.52. The maximum Gasteiger partial charge on any atom is 0.288 e. The number of imidazole rings is 1. The lowest BCUT2D eigenvalue weighted by atomic mass is 10.2. The minimum atomic E-state index is -0.480. The zero-order valence-electron chi connectivity index (χ0n) is 9.13. The second-order valence-electron chi connectivity index (χ2n) is 3.65. The molecule has 2 rings (SSSR count). The topological polar surface area (TPSA) is 61.0 Å². The van der Waals surface area contributed by atoms with Gasteiger partial charge in [0.25, 0.3) is 5.69 Å². The molecule has 2 aromatic rings. The molecule has 0 aliphatic carbocycles. The molecule has 0 fully saturated rings. The van der Waals surface area contributed by atoms with Gasteiger partial charge in [0.2, 0.25) is 0 Å². The van der Waals surface area contributed by atoms with Gasteiger partial charge in [-0.05, 0) is 18.6 Å². The number of nitro benzene ring substituents is 1. The van der Waals surface area contributed by atoms with Gasteiger partial charge in [0.05, 0.1) is 4.92 Å². The Kier molecular flexibility index (Phi) is 3.10. The molecule has 0 radical (unpaired) electrons. The summed E-state index contributed by atoms with van der Waals surface area (Å²) in [4.78, 5) is 14.4. The van der Waals surface area contributed by atoms with Crippen LogP contribution in [0.1, 0.15) is 11.4 Å². The number of halogens is 1. The Labute approximate surface area is 103 Å². The highest BCUT2D eigenvalue weighted by molar-refractivity contribution is 6.32. The second kappa shape index (κ2) is 4.55. The van der Waals surface area contributed by atoms with Crippen LogP contribution in [-0.4, -0.2) is 14.5 Å². The van der Waals surface area contributed by atoms with Crippen LogP contribution in [0, 0.1) is 17.0 Å². The van der Waals surface area contributed by atoms with E-state index in [0.717, 1.165) is 11.4 Å². The molecule has 0 aliphatic heterocycles. The molecule has 0 saturated carbocycles. The van der Waals surface area contributed by atoms with E-state index in [1.807, 2.05) is 17.7 Å². The first kappa shape index (κ1) is 11.6. The highest BCUT2D eigenvalue weighted by Gasteiger charge is 2.12. The number of aromatic nitrogens is 2. The quantitative estimate of drug-likeness (QED) is 0.622. The predicted octanol–water partition coefficient (Wildman–Crippen LogP) is 2.80. The summed E-state index contributed by atoms with van der Waals surface area (Å²) in [5.74, 6) is 0.864. The summed E-state index contributed by atoms with van der Waals surface area (Å²) in [6, 6.07) is 4.80. The molecule has 0 atom stereocenters. The van der Waals surface area contributed by atoms with Crippen LogP contribution in [0.25, 0.3) is 0 Å². The van der Waals surface area contributed by atoms with E-state index >= 15 is 0 Å². The van der Waals surface area contributed by atoms with E-state index in [1.54, 1.807) is 18.3 Å². The first-order valence-corrected chi connectivity index (χ1v) is 5.36. The Bertz CT molecular complexity index is 566. The summed E-state index contributed by atoms with van der Waals surface area (Å²) in [7, 11) is 0. The van der Waals surface area contributed by atoms with Crippen molar-refractivity contribution in [2.45, 2.75) is 13.5 Å². The van der Waals surface area contributed by atoms with E-state index in [4.69, 9.17) is 11.6 Å². The zero-order chi connectivity index (χ0) is 12.4. The second-order valence-corrected chi connectivity index (χ2v) is 4.05. The highest BCUT2D eigenvalue weighted by Crippen LogP contribution is 2.25. The van der Waals surface area contributed by atoms with Crippen molar-refractivity contribution in [3.05, 3.63) is 57.1 Å². The zero-order valence-corrected chi connectivity index (χ0v) is 9.89. The smallest absolute Gasteiger partial charge is 0.288 e. The third-order valence-electron chi connectivity index (χ3n) is 2.48. The van der Waals surface area contributed by atoms with Gasteiger partial charge in [-0.2, -0.15) is 0 Å². The molecule has 0 saturated heterocycles. The molecule has 1 aromatic carbocycles. The third-order valence-corrected chi connectivity index (χ3v) is 2.80. The van der Waals surface area contributed by atoms with Crippen molar-refractivity contribution in [2.75, 3.05) is 0 Å². The molecule has 1 heterocycles. The summed E-state index contributed by atoms with van der Waals surface area (Å²) >= 11 is 5.74. The van der Waals surface area contributed by atoms with Crippen LogP contribution in [0.2, 0.25) is 5.02 Å². The fourth-order valence-electron chi connectivity index (χ4n) is 1.56. The largest absolute Gasteiger partial charge is 0.331 e. The predicted molar refractivity (Wildman–Crippen MR) is 64.2 cm³/mol. The van der Waals surface area contributed by atoms with E-state index in [2.05, 4.69) is 4.98 Å². The van der Waals surface area contributed by atoms with Gasteiger partial charge >= 0.3 is 0 Å².